The Morgan fingerprint density at radius 3 is 2.44 bits per heavy atom. The zero-order valence-corrected chi connectivity index (χ0v) is 17.4. The van der Waals surface area contributed by atoms with Gasteiger partial charge in [0.15, 0.2) is 6.29 Å². The first kappa shape index (κ1) is 23.0. The number of thiol groups is 2. The number of ether oxygens (including phenoxy) is 4. The Morgan fingerprint density at radius 2 is 1.92 bits per heavy atom. The van der Waals surface area contributed by atoms with Crippen molar-refractivity contribution >= 4 is 31.2 Å². The number of carbonyl (C=O) groups excluding carboxylic acids is 1. The average Bonchev–Trinajstić information content (AvgIpc) is 2.42. The van der Waals surface area contributed by atoms with Gasteiger partial charge >= 0.3 is 5.97 Å². The summed E-state index contributed by atoms with van der Waals surface area (Å²) in [6.45, 7) is 6.44. The standard InChI is InChI=1S/C16H31NO6S2/c1-11(22-13(18)9-20-4)8-17-15(2,3)6-12(7-16(17,24)25)23-14(19)10-21-5/h11-12,14,19,24-25H,6-10H2,1-5H3. The number of hydrogen-bond donors (Lipinski definition) is 3. The molecule has 148 valence electrons. The fourth-order valence-electron chi connectivity index (χ4n) is 3.20. The first-order valence-electron chi connectivity index (χ1n) is 8.25. The molecule has 3 unspecified atom stereocenters. The number of likely N-dealkylation sites (tertiary alicyclic amines) is 1. The maximum absolute atomic E-state index is 11.6. The quantitative estimate of drug-likeness (QED) is 0.308. The Bertz CT molecular complexity index is 417. The molecule has 1 saturated heterocycles. The van der Waals surface area contributed by atoms with Crippen molar-refractivity contribution < 1.29 is 28.8 Å². The molecule has 0 aromatic heterocycles. The van der Waals surface area contributed by atoms with E-state index in [1.807, 2.05) is 6.92 Å². The second-order valence-corrected chi connectivity index (χ2v) is 8.84. The molecule has 0 saturated carbocycles. The molecule has 1 N–H and O–H groups in total. The van der Waals surface area contributed by atoms with Crippen LogP contribution >= 0.6 is 25.3 Å². The van der Waals surface area contributed by atoms with Crippen molar-refractivity contribution in [3.05, 3.63) is 0 Å². The van der Waals surface area contributed by atoms with Gasteiger partial charge in [0.1, 0.15) is 16.9 Å². The number of nitrogens with zero attached hydrogens (tertiary/aromatic N) is 1. The third-order valence-electron chi connectivity index (χ3n) is 4.08. The Kier molecular flexibility index (Phi) is 9.00. The summed E-state index contributed by atoms with van der Waals surface area (Å²) in [6.07, 6.45) is -0.351. The average molecular weight is 398 g/mol. The van der Waals surface area contributed by atoms with Gasteiger partial charge in [-0.25, -0.2) is 4.79 Å². The van der Waals surface area contributed by atoms with Crippen LogP contribution in [-0.2, 0) is 23.7 Å². The topological polar surface area (TPSA) is 77.5 Å². The third kappa shape index (κ3) is 7.24. The highest BCUT2D eigenvalue weighted by Gasteiger charge is 2.48. The number of esters is 1. The molecule has 1 fully saturated rings. The number of aliphatic hydroxyl groups excluding tert-OH is 1. The van der Waals surface area contributed by atoms with E-state index in [2.05, 4.69) is 18.7 Å². The number of aliphatic hydroxyl groups is 1. The van der Waals surface area contributed by atoms with E-state index >= 15 is 0 Å². The molecule has 1 aliphatic heterocycles. The first-order chi connectivity index (χ1) is 11.5. The number of methoxy groups -OCH3 is 2. The largest absolute Gasteiger partial charge is 0.460 e. The minimum atomic E-state index is -0.983. The van der Waals surface area contributed by atoms with Gasteiger partial charge < -0.3 is 24.1 Å². The van der Waals surface area contributed by atoms with Crippen LogP contribution < -0.4 is 0 Å². The molecule has 1 aliphatic rings. The molecule has 9 heteroatoms. The Morgan fingerprint density at radius 1 is 1.28 bits per heavy atom. The van der Waals surface area contributed by atoms with Crippen LogP contribution in [0.3, 0.4) is 0 Å². The lowest BCUT2D eigenvalue weighted by atomic mass is 9.87. The molecular weight excluding hydrogens is 366 g/mol. The van der Waals surface area contributed by atoms with Crippen LogP contribution in [0, 0.1) is 0 Å². The van der Waals surface area contributed by atoms with Crippen molar-refractivity contribution in [3.8, 4) is 0 Å². The van der Waals surface area contributed by atoms with E-state index in [0.717, 1.165) is 0 Å². The summed E-state index contributed by atoms with van der Waals surface area (Å²) in [5, 5.41) is 9.82. The number of carbonyl (C=O) groups is 1. The lowest BCUT2D eigenvalue weighted by molar-refractivity contribution is -0.187. The monoisotopic (exact) mass is 397 g/mol. The summed E-state index contributed by atoms with van der Waals surface area (Å²) >= 11 is 9.40. The SMILES string of the molecule is COCC(=O)OC(C)CN1C(C)(C)CC(OC(O)COC)CC1(S)S. The van der Waals surface area contributed by atoms with E-state index in [4.69, 9.17) is 44.2 Å². The second kappa shape index (κ2) is 9.77. The highest BCUT2D eigenvalue weighted by atomic mass is 32.2. The van der Waals surface area contributed by atoms with E-state index in [9.17, 15) is 9.90 Å². The van der Waals surface area contributed by atoms with E-state index in [0.29, 0.717) is 19.4 Å². The number of piperidine rings is 1. The molecule has 25 heavy (non-hydrogen) atoms. The zero-order chi connectivity index (χ0) is 19.3. The van der Waals surface area contributed by atoms with Gasteiger partial charge in [0, 0.05) is 32.7 Å². The maximum atomic E-state index is 11.6. The Hall–Kier alpha value is -0.0300. The Balaban J connectivity index is 2.73. The van der Waals surface area contributed by atoms with Crippen molar-refractivity contribution in [1.82, 2.24) is 4.90 Å². The fraction of sp³-hybridized carbons (Fsp3) is 0.938. The second-order valence-electron chi connectivity index (χ2n) is 7.01. The molecule has 1 rings (SSSR count). The van der Waals surface area contributed by atoms with E-state index in [1.165, 1.54) is 14.2 Å². The molecule has 0 radical (unpaired) electrons. The molecule has 0 spiro atoms. The highest BCUT2D eigenvalue weighted by Crippen LogP contribution is 2.44. The Labute approximate surface area is 161 Å². The van der Waals surface area contributed by atoms with Gasteiger partial charge in [-0.2, -0.15) is 0 Å². The maximum Gasteiger partial charge on any atom is 0.332 e. The van der Waals surface area contributed by atoms with Crippen molar-refractivity contribution in [2.24, 2.45) is 0 Å². The van der Waals surface area contributed by atoms with Gasteiger partial charge in [0.2, 0.25) is 0 Å². The van der Waals surface area contributed by atoms with Crippen LogP contribution in [0.5, 0.6) is 0 Å². The minimum Gasteiger partial charge on any atom is -0.460 e. The smallest absolute Gasteiger partial charge is 0.332 e. The molecule has 0 amide bonds. The van der Waals surface area contributed by atoms with Crippen LogP contribution in [-0.4, -0.2) is 78.2 Å². The van der Waals surface area contributed by atoms with Gasteiger partial charge in [-0.1, -0.05) is 0 Å². The summed E-state index contributed by atoms with van der Waals surface area (Å²) in [5.41, 5.74) is -0.318. The van der Waals surface area contributed by atoms with E-state index in [-0.39, 0.29) is 31.0 Å². The summed E-state index contributed by atoms with van der Waals surface area (Å²) in [5.74, 6) is -0.405. The van der Waals surface area contributed by atoms with Crippen molar-refractivity contribution in [2.45, 2.75) is 61.9 Å². The van der Waals surface area contributed by atoms with E-state index < -0.39 is 16.5 Å². The van der Waals surface area contributed by atoms with Crippen LogP contribution in [0.1, 0.15) is 33.6 Å². The van der Waals surface area contributed by atoms with Gasteiger partial charge in [-0.3, -0.25) is 4.90 Å². The lowest BCUT2D eigenvalue weighted by Crippen LogP contribution is -2.62. The van der Waals surface area contributed by atoms with Crippen molar-refractivity contribution in [1.29, 1.82) is 0 Å². The minimum absolute atomic E-state index is 0.0755. The summed E-state index contributed by atoms with van der Waals surface area (Å²) in [6, 6.07) is 0. The van der Waals surface area contributed by atoms with Gasteiger partial charge in [0.05, 0.1) is 12.7 Å². The molecule has 3 atom stereocenters. The van der Waals surface area contributed by atoms with Gasteiger partial charge in [-0.15, -0.1) is 25.3 Å². The lowest BCUT2D eigenvalue weighted by Gasteiger charge is -2.54. The summed E-state index contributed by atoms with van der Waals surface area (Å²) < 4.78 is 19.9. The summed E-state index contributed by atoms with van der Waals surface area (Å²) in [4.78, 5) is 13.7. The van der Waals surface area contributed by atoms with Crippen LogP contribution in [0.4, 0.5) is 0 Å². The molecule has 1 heterocycles. The van der Waals surface area contributed by atoms with Crippen LogP contribution in [0.25, 0.3) is 0 Å². The van der Waals surface area contributed by atoms with Crippen molar-refractivity contribution in [3.63, 3.8) is 0 Å². The molecule has 0 aromatic rings. The van der Waals surface area contributed by atoms with Crippen molar-refractivity contribution in [2.75, 3.05) is 34.0 Å². The normalized spacial score (nSPS) is 25.4. The van der Waals surface area contributed by atoms with Crippen LogP contribution in [0.15, 0.2) is 0 Å². The molecule has 0 aliphatic carbocycles. The van der Waals surface area contributed by atoms with Crippen LogP contribution in [0.2, 0.25) is 0 Å². The predicted octanol–water partition coefficient (Wildman–Crippen LogP) is 1.30. The molecular formula is C16H31NO6S2. The van der Waals surface area contributed by atoms with Gasteiger partial charge in [0.25, 0.3) is 0 Å². The number of hydrogen-bond acceptors (Lipinski definition) is 9. The fourth-order valence-corrected chi connectivity index (χ4v) is 4.32. The number of rotatable bonds is 9. The first-order valence-corrected chi connectivity index (χ1v) is 9.14. The molecule has 0 bridgehead atoms. The van der Waals surface area contributed by atoms with E-state index in [1.54, 1.807) is 0 Å². The van der Waals surface area contributed by atoms with Gasteiger partial charge in [-0.05, 0) is 27.2 Å². The molecule has 7 nitrogen and oxygen atoms in total. The molecule has 0 aromatic carbocycles. The zero-order valence-electron chi connectivity index (χ0n) is 15.6. The third-order valence-corrected chi connectivity index (χ3v) is 4.93. The predicted molar refractivity (Wildman–Crippen MR) is 101 cm³/mol. The summed E-state index contributed by atoms with van der Waals surface area (Å²) in [7, 11) is 2.96. The highest BCUT2D eigenvalue weighted by molar-refractivity contribution is 8.00.